The molecule has 1 aromatic carbocycles. The molecule has 0 saturated carbocycles. The van der Waals surface area contributed by atoms with Gasteiger partial charge in [0.2, 0.25) is 0 Å². The molecule has 1 aliphatic heterocycles. The van der Waals surface area contributed by atoms with Crippen molar-refractivity contribution in [2.75, 3.05) is 7.11 Å². The first-order valence-electron chi connectivity index (χ1n) is 4.11. The number of rotatable bonds is 2. The lowest BCUT2D eigenvalue weighted by Gasteiger charge is -2.03. The van der Waals surface area contributed by atoms with Gasteiger partial charge in [-0.25, -0.2) is 9.79 Å². The lowest BCUT2D eigenvalue weighted by Crippen LogP contribution is -2.24. The molecule has 3 nitrogen and oxygen atoms in total. The Morgan fingerprint density at radius 3 is 2.64 bits per heavy atom. The van der Waals surface area contributed by atoms with Crippen LogP contribution in [0.3, 0.4) is 0 Å². The van der Waals surface area contributed by atoms with E-state index in [0.717, 1.165) is 11.3 Å². The molecular weight excluding hydrogens is 246 g/mol. The molecule has 0 amide bonds. The molecule has 14 heavy (non-hydrogen) atoms. The van der Waals surface area contributed by atoms with Gasteiger partial charge in [0.25, 0.3) is 4.45 Å². The summed E-state index contributed by atoms with van der Waals surface area (Å²) in [7, 11) is 1.35. The molecule has 1 heterocycles. The highest BCUT2D eigenvalue weighted by atomic mass is 79.9. The van der Waals surface area contributed by atoms with E-state index in [9.17, 15) is 4.79 Å². The quantitative estimate of drug-likeness (QED) is 0.458. The third kappa shape index (κ3) is 1.35. The average molecular weight is 254 g/mol. The maximum atomic E-state index is 11.3. The molecule has 0 aromatic heterocycles. The number of hydrogen-bond donors (Lipinski definition) is 0. The first-order valence-corrected chi connectivity index (χ1v) is 4.91. The van der Waals surface area contributed by atoms with E-state index >= 15 is 0 Å². The normalized spacial score (nSPS) is 24.0. The number of nitrogens with zero attached hydrogens (tertiary/aromatic N) is 1. The van der Waals surface area contributed by atoms with Gasteiger partial charge in [0, 0.05) is 0 Å². The standard InChI is InChI=1S/C10H8BrNO2/c1-14-9(13)10(11)8(12-10)7-5-3-2-4-6-7/h2-6H,1H3/t10-/m1/s1. The highest BCUT2D eigenvalue weighted by Gasteiger charge is 2.53. The molecule has 0 bridgehead atoms. The van der Waals surface area contributed by atoms with Crippen LogP contribution in [-0.4, -0.2) is 23.2 Å². The number of alkyl halides is 1. The van der Waals surface area contributed by atoms with Crippen LogP contribution in [0.25, 0.3) is 0 Å². The number of benzene rings is 1. The van der Waals surface area contributed by atoms with Gasteiger partial charge in [-0.15, -0.1) is 0 Å². The van der Waals surface area contributed by atoms with E-state index in [2.05, 4.69) is 25.7 Å². The highest BCUT2D eigenvalue weighted by Crippen LogP contribution is 2.39. The minimum Gasteiger partial charge on any atom is -0.466 e. The zero-order valence-corrected chi connectivity index (χ0v) is 9.11. The fourth-order valence-corrected chi connectivity index (χ4v) is 1.82. The fourth-order valence-electron chi connectivity index (χ4n) is 1.26. The summed E-state index contributed by atoms with van der Waals surface area (Å²) in [5.74, 6) is -0.378. The molecule has 0 spiro atoms. The molecule has 1 aliphatic rings. The number of carbonyl (C=O) groups excluding carboxylic acids is 1. The molecule has 0 fully saturated rings. The summed E-state index contributed by atoms with van der Waals surface area (Å²) in [5, 5.41) is 0. The Kier molecular flexibility index (Phi) is 2.15. The first-order chi connectivity index (χ1) is 6.68. The molecule has 4 heteroatoms. The van der Waals surface area contributed by atoms with Gasteiger partial charge in [-0.2, -0.15) is 0 Å². The van der Waals surface area contributed by atoms with Crippen LogP contribution in [0.1, 0.15) is 5.56 Å². The third-order valence-electron chi connectivity index (χ3n) is 2.03. The predicted octanol–water partition coefficient (Wildman–Crippen LogP) is 1.75. The average Bonchev–Trinajstić information content (AvgIpc) is 2.92. The lowest BCUT2D eigenvalue weighted by atomic mass is 10.1. The Morgan fingerprint density at radius 1 is 1.43 bits per heavy atom. The van der Waals surface area contributed by atoms with E-state index in [1.54, 1.807) is 0 Å². The number of hydrogen-bond acceptors (Lipinski definition) is 3. The Morgan fingerprint density at radius 2 is 2.07 bits per heavy atom. The SMILES string of the molecule is COC(=O)[C@]1(Br)N=C1c1ccccc1. The number of carbonyl (C=O) groups is 1. The second kappa shape index (κ2) is 3.20. The van der Waals surface area contributed by atoms with E-state index in [4.69, 9.17) is 0 Å². The van der Waals surface area contributed by atoms with Gasteiger partial charge in [0.05, 0.1) is 12.8 Å². The topological polar surface area (TPSA) is 38.7 Å². The maximum Gasteiger partial charge on any atom is 0.351 e. The first kappa shape index (κ1) is 9.40. The van der Waals surface area contributed by atoms with Gasteiger partial charge >= 0.3 is 5.97 Å². The minimum absolute atomic E-state index is 0.378. The summed E-state index contributed by atoms with van der Waals surface area (Å²) in [6.07, 6.45) is 0. The molecule has 72 valence electrons. The Labute approximate surface area is 89.9 Å². The van der Waals surface area contributed by atoms with Gasteiger partial charge in [-0.3, -0.25) is 0 Å². The van der Waals surface area contributed by atoms with E-state index in [1.165, 1.54) is 7.11 Å². The second-order valence-corrected chi connectivity index (χ2v) is 4.09. The van der Waals surface area contributed by atoms with Crippen LogP contribution in [0.2, 0.25) is 0 Å². The van der Waals surface area contributed by atoms with Crippen molar-refractivity contribution < 1.29 is 9.53 Å². The number of methoxy groups -OCH3 is 1. The van der Waals surface area contributed by atoms with Crippen LogP contribution < -0.4 is 0 Å². The van der Waals surface area contributed by atoms with Crippen LogP contribution in [0.15, 0.2) is 35.3 Å². The highest BCUT2D eigenvalue weighted by molar-refractivity contribution is 9.10. The molecule has 1 aromatic rings. The molecule has 0 unspecified atom stereocenters. The van der Waals surface area contributed by atoms with Gasteiger partial charge in [-0.1, -0.05) is 30.3 Å². The number of aliphatic imine (C=N–C) groups is 1. The maximum absolute atomic E-state index is 11.3. The monoisotopic (exact) mass is 253 g/mol. The fraction of sp³-hybridized carbons (Fsp3) is 0.200. The van der Waals surface area contributed by atoms with Gasteiger partial charge in [0.1, 0.15) is 0 Å². The van der Waals surface area contributed by atoms with Crippen molar-refractivity contribution >= 4 is 27.6 Å². The summed E-state index contributed by atoms with van der Waals surface area (Å²) in [4.78, 5) is 15.4. The van der Waals surface area contributed by atoms with Gasteiger partial charge in [-0.05, 0) is 21.5 Å². The molecule has 0 radical (unpaired) electrons. The van der Waals surface area contributed by atoms with Crippen LogP contribution in [0, 0.1) is 0 Å². The summed E-state index contributed by atoms with van der Waals surface area (Å²) in [6, 6.07) is 9.54. The zero-order chi connectivity index (χ0) is 10.2. The number of ether oxygens (including phenoxy) is 1. The molecule has 0 saturated heterocycles. The predicted molar refractivity (Wildman–Crippen MR) is 56.7 cm³/mol. The van der Waals surface area contributed by atoms with Crippen molar-refractivity contribution in [1.82, 2.24) is 0 Å². The Bertz CT molecular complexity index is 402. The van der Waals surface area contributed by atoms with Crippen LogP contribution in [0.5, 0.6) is 0 Å². The minimum atomic E-state index is -0.927. The van der Waals surface area contributed by atoms with E-state index < -0.39 is 4.45 Å². The lowest BCUT2D eigenvalue weighted by molar-refractivity contribution is -0.140. The second-order valence-electron chi connectivity index (χ2n) is 2.94. The van der Waals surface area contributed by atoms with Crippen molar-refractivity contribution in [3.8, 4) is 0 Å². The smallest absolute Gasteiger partial charge is 0.351 e. The van der Waals surface area contributed by atoms with E-state index in [0.29, 0.717) is 0 Å². The van der Waals surface area contributed by atoms with Crippen molar-refractivity contribution in [1.29, 1.82) is 0 Å². The van der Waals surface area contributed by atoms with Crippen molar-refractivity contribution in [3.63, 3.8) is 0 Å². The van der Waals surface area contributed by atoms with Crippen LogP contribution in [-0.2, 0) is 9.53 Å². The van der Waals surface area contributed by atoms with Crippen molar-refractivity contribution in [3.05, 3.63) is 35.9 Å². The Hall–Kier alpha value is -1.16. The zero-order valence-electron chi connectivity index (χ0n) is 7.53. The molecule has 0 aliphatic carbocycles. The largest absolute Gasteiger partial charge is 0.466 e. The van der Waals surface area contributed by atoms with Gasteiger partial charge in [0.15, 0.2) is 0 Å². The molecular formula is C10H8BrNO2. The summed E-state index contributed by atoms with van der Waals surface area (Å²) >= 11 is 3.24. The van der Waals surface area contributed by atoms with E-state index in [1.807, 2.05) is 30.3 Å². The van der Waals surface area contributed by atoms with Crippen LogP contribution >= 0.6 is 15.9 Å². The van der Waals surface area contributed by atoms with Crippen LogP contribution in [0.4, 0.5) is 0 Å². The summed E-state index contributed by atoms with van der Waals surface area (Å²) in [5.41, 5.74) is 1.67. The summed E-state index contributed by atoms with van der Waals surface area (Å²) in [6.45, 7) is 0. The molecule has 1 atom stereocenters. The number of halogens is 1. The van der Waals surface area contributed by atoms with Gasteiger partial charge < -0.3 is 4.74 Å². The molecule has 0 N–H and O–H groups in total. The Balaban J connectivity index is 2.20. The van der Waals surface area contributed by atoms with E-state index in [-0.39, 0.29) is 5.97 Å². The van der Waals surface area contributed by atoms with Crippen molar-refractivity contribution in [2.24, 2.45) is 4.99 Å². The summed E-state index contributed by atoms with van der Waals surface area (Å²) < 4.78 is 3.70. The third-order valence-corrected chi connectivity index (χ3v) is 2.91. The number of esters is 1. The van der Waals surface area contributed by atoms with Crippen molar-refractivity contribution in [2.45, 2.75) is 4.45 Å². The molecule has 2 rings (SSSR count).